The lowest BCUT2D eigenvalue weighted by Crippen LogP contribution is -2.45. The fourth-order valence-corrected chi connectivity index (χ4v) is 2.55. The first-order chi connectivity index (χ1) is 8.99. The largest absolute Gasteiger partial charge is 0.497 e. The van der Waals surface area contributed by atoms with Crippen LogP contribution in [0.3, 0.4) is 0 Å². The van der Waals surface area contributed by atoms with Crippen LogP contribution in [0.1, 0.15) is 19.8 Å². The van der Waals surface area contributed by atoms with Crippen LogP contribution in [0.15, 0.2) is 29.2 Å². The lowest BCUT2D eigenvalue weighted by molar-refractivity contribution is -0.146. The van der Waals surface area contributed by atoms with Crippen LogP contribution in [0.2, 0.25) is 0 Å². The molecule has 106 valence electrons. The topological polar surface area (TPSA) is 61.5 Å². The van der Waals surface area contributed by atoms with Crippen LogP contribution in [-0.2, 0) is 9.53 Å². The third kappa shape index (κ3) is 5.12. The summed E-state index contributed by atoms with van der Waals surface area (Å²) in [5.41, 5.74) is 4.99. The Kier molecular flexibility index (Phi) is 6.18. The van der Waals surface area contributed by atoms with Crippen LogP contribution >= 0.6 is 11.8 Å². The van der Waals surface area contributed by atoms with Gasteiger partial charge in [0.1, 0.15) is 11.3 Å². The highest BCUT2D eigenvalue weighted by Crippen LogP contribution is 2.24. The molecule has 2 N–H and O–H groups in total. The van der Waals surface area contributed by atoms with E-state index in [0.29, 0.717) is 6.42 Å². The van der Waals surface area contributed by atoms with E-state index in [1.165, 1.54) is 7.11 Å². The van der Waals surface area contributed by atoms with Crippen LogP contribution in [0.5, 0.6) is 5.75 Å². The molecule has 0 fully saturated rings. The van der Waals surface area contributed by atoms with E-state index in [2.05, 4.69) is 4.74 Å². The molecule has 0 saturated carbocycles. The van der Waals surface area contributed by atoms with E-state index in [1.54, 1.807) is 25.8 Å². The molecule has 1 aromatic carbocycles. The molecule has 1 rings (SSSR count). The molecule has 19 heavy (non-hydrogen) atoms. The number of ether oxygens (including phenoxy) is 2. The quantitative estimate of drug-likeness (QED) is 0.473. The SMILES string of the molecule is COC(=O)C(C)(N)CCCSc1cccc(OC)c1. The molecular weight excluding hydrogens is 262 g/mol. The fraction of sp³-hybridized carbons (Fsp3) is 0.500. The van der Waals surface area contributed by atoms with E-state index in [1.807, 2.05) is 24.3 Å². The van der Waals surface area contributed by atoms with Crippen molar-refractivity contribution in [1.29, 1.82) is 0 Å². The molecule has 0 aliphatic carbocycles. The van der Waals surface area contributed by atoms with Gasteiger partial charge in [-0.3, -0.25) is 4.79 Å². The third-order valence-electron chi connectivity index (χ3n) is 2.80. The monoisotopic (exact) mass is 283 g/mol. The molecule has 0 aliphatic heterocycles. The van der Waals surface area contributed by atoms with Gasteiger partial charge in [-0.05, 0) is 43.7 Å². The zero-order chi connectivity index (χ0) is 14.3. The molecule has 0 amide bonds. The second kappa shape index (κ2) is 7.40. The van der Waals surface area contributed by atoms with Crippen molar-refractivity contribution in [3.05, 3.63) is 24.3 Å². The van der Waals surface area contributed by atoms with Gasteiger partial charge in [0.25, 0.3) is 0 Å². The minimum Gasteiger partial charge on any atom is -0.497 e. The number of carbonyl (C=O) groups is 1. The Morgan fingerprint density at radius 1 is 1.42 bits per heavy atom. The van der Waals surface area contributed by atoms with Gasteiger partial charge in [-0.2, -0.15) is 0 Å². The Balaban J connectivity index is 2.36. The Hall–Kier alpha value is -1.20. The highest BCUT2D eigenvalue weighted by molar-refractivity contribution is 7.99. The van der Waals surface area contributed by atoms with Crippen molar-refractivity contribution in [3.63, 3.8) is 0 Å². The van der Waals surface area contributed by atoms with Crippen molar-refractivity contribution in [2.45, 2.75) is 30.2 Å². The van der Waals surface area contributed by atoms with Gasteiger partial charge in [0.05, 0.1) is 14.2 Å². The summed E-state index contributed by atoms with van der Waals surface area (Å²) in [5.74, 6) is 1.39. The molecule has 0 heterocycles. The molecule has 4 nitrogen and oxygen atoms in total. The van der Waals surface area contributed by atoms with Crippen LogP contribution in [0.4, 0.5) is 0 Å². The number of carbonyl (C=O) groups excluding carboxylic acids is 1. The van der Waals surface area contributed by atoms with E-state index in [4.69, 9.17) is 10.5 Å². The summed E-state index contributed by atoms with van der Waals surface area (Å²) in [6.07, 6.45) is 1.46. The van der Waals surface area contributed by atoms with Gasteiger partial charge in [-0.1, -0.05) is 6.07 Å². The number of hydrogen-bond acceptors (Lipinski definition) is 5. The summed E-state index contributed by atoms with van der Waals surface area (Å²) in [5, 5.41) is 0. The van der Waals surface area contributed by atoms with E-state index in [9.17, 15) is 4.79 Å². The number of hydrogen-bond donors (Lipinski definition) is 1. The number of methoxy groups -OCH3 is 2. The van der Waals surface area contributed by atoms with Gasteiger partial charge in [0.15, 0.2) is 0 Å². The Morgan fingerprint density at radius 2 is 2.16 bits per heavy atom. The van der Waals surface area contributed by atoms with Crippen molar-refractivity contribution in [1.82, 2.24) is 0 Å². The smallest absolute Gasteiger partial charge is 0.325 e. The summed E-state index contributed by atoms with van der Waals surface area (Å²) in [6.45, 7) is 1.70. The first kappa shape index (κ1) is 15.9. The number of nitrogens with two attached hydrogens (primary N) is 1. The minimum absolute atomic E-state index is 0.362. The number of thioether (sulfide) groups is 1. The lowest BCUT2D eigenvalue weighted by atomic mass is 9.98. The maximum atomic E-state index is 11.4. The molecule has 0 aromatic heterocycles. The Morgan fingerprint density at radius 3 is 2.79 bits per heavy atom. The molecule has 1 aromatic rings. The standard InChI is InChI=1S/C14H21NO3S/c1-14(15,13(16)18-3)8-5-9-19-12-7-4-6-11(10-12)17-2/h4,6-7,10H,5,8-9,15H2,1-3H3. The van der Waals surface area contributed by atoms with Crippen molar-refractivity contribution in [3.8, 4) is 5.75 Å². The fourth-order valence-electron chi connectivity index (χ4n) is 1.66. The van der Waals surface area contributed by atoms with Gasteiger partial charge >= 0.3 is 5.97 Å². The van der Waals surface area contributed by atoms with Crippen LogP contribution in [-0.4, -0.2) is 31.5 Å². The maximum Gasteiger partial charge on any atom is 0.325 e. The number of benzene rings is 1. The normalized spacial score (nSPS) is 13.7. The second-order valence-electron chi connectivity index (χ2n) is 4.54. The number of rotatable bonds is 7. The lowest BCUT2D eigenvalue weighted by Gasteiger charge is -2.20. The zero-order valence-electron chi connectivity index (χ0n) is 11.6. The van der Waals surface area contributed by atoms with Crippen LogP contribution < -0.4 is 10.5 Å². The molecule has 0 radical (unpaired) electrons. The predicted octanol–water partition coefficient (Wildman–Crippen LogP) is 2.46. The summed E-state index contributed by atoms with van der Waals surface area (Å²) in [7, 11) is 3.01. The molecule has 5 heteroatoms. The van der Waals surface area contributed by atoms with E-state index in [-0.39, 0.29) is 5.97 Å². The minimum atomic E-state index is -0.899. The molecule has 0 spiro atoms. The second-order valence-corrected chi connectivity index (χ2v) is 5.71. The van der Waals surface area contributed by atoms with Crippen molar-refractivity contribution in [2.24, 2.45) is 5.73 Å². The number of esters is 1. The van der Waals surface area contributed by atoms with Gasteiger partial charge in [-0.15, -0.1) is 11.8 Å². The maximum absolute atomic E-state index is 11.4. The Bertz CT molecular complexity index is 421. The molecule has 0 saturated heterocycles. The molecule has 1 unspecified atom stereocenters. The van der Waals surface area contributed by atoms with Gasteiger partial charge in [0, 0.05) is 4.90 Å². The van der Waals surface area contributed by atoms with E-state index < -0.39 is 5.54 Å². The third-order valence-corrected chi connectivity index (χ3v) is 3.88. The average molecular weight is 283 g/mol. The van der Waals surface area contributed by atoms with Crippen LogP contribution in [0.25, 0.3) is 0 Å². The summed E-state index contributed by atoms with van der Waals surface area (Å²) in [6, 6.07) is 7.91. The van der Waals surface area contributed by atoms with Gasteiger partial charge in [0.2, 0.25) is 0 Å². The van der Waals surface area contributed by atoms with E-state index >= 15 is 0 Å². The zero-order valence-corrected chi connectivity index (χ0v) is 12.5. The summed E-state index contributed by atoms with van der Waals surface area (Å²) >= 11 is 1.72. The molecule has 0 aliphatic rings. The molecule has 0 bridgehead atoms. The van der Waals surface area contributed by atoms with E-state index in [0.717, 1.165) is 22.8 Å². The molecule has 1 atom stereocenters. The first-order valence-electron chi connectivity index (χ1n) is 6.14. The van der Waals surface area contributed by atoms with Crippen LogP contribution in [0, 0.1) is 0 Å². The van der Waals surface area contributed by atoms with Gasteiger partial charge < -0.3 is 15.2 Å². The van der Waals surface area contributed by atoms with Crippen molar-refractivity contribution < 1.29 is 14.3 Å². The average Bonchev–Trinajstić information content (AvgIpc) is 2.43. The highest BCUT2D eigenvalue weighted by atomic mass is 32.2. The van der Waals surface area contributed by atoms with Crippen molar-refractivity contribution >= 4 is 17.7 Å². The van der Waals surface area contributed by atoms with Gasteiger partial charge in [-0.25, -0.2) is 0 Å². The van der Waals surface area contributed by atoms with Crippen molar-refractivity contribution in [2.75, 3.05) is 20.0 Å². The molecular formula is C14H21NO3S. The summed E-state index contributed by atoms with van der Waals surface area (Å²) < 4.78 is 9.84. The Labute approximate surface area is 118 Å². The predicted molar refractivity (Wildman–Crippen MR) is 77.6 cm³/mol. The highest BCUT2D eigenvalue weighted by Gasteiger charge is 2.28. The summed E-state index contributed by atoms with van der Waals surface area (Å²) in [4.78, 5) is 12.6. The first-order valence-corrected chi connectivity index (χ1v) is 7.12.